The highest BCUT2D eigenvalue weighted by molar-refractivity contribution is 5.83. The maximum Gasteiger partial charge on any atom is 0.350 e. The van der Waals surface area contributed by atoms with Gasteiger partial charge in [-0.3, -0.25) is 9.36 Å². The average Bonchev–Trinajstić information content (AvgIpc) is 3.59. The number of rotatable bonds is 6. The summed E-state index contributed by atoms with van der Waals surface area (Å²) in [5, 5.41) is 0. The Morgan fingerprint density at radius 2 is 1.91 bits per heavy atom. The fourth-order valence-electron chi connectivity index (χ4n) is 4.75. The number of anilines is 1. The Kier molecular flexibility index (Phi) is 5.51. The molecule has 0 spiro atoms. The topological polar surface area (TPSA) is 121 Å². The molecule has 0 radical (unpaired) electrons. The van der Waals surface area contributed by atoms with Crippen LogP contribution in [0, 0.1) is 18.8 Å². The molecular weight excluding hydrogens is 446 g/mol. The molecule has 1 saturated carbocycles. The first-order valence-corrected chi connectivity index (χ1v) is 11.2. The van der Waals surface area contributed by atoms with Gasteiger partial charge in [-0.25, -0.2) is 14.2 Å². The molecule has 3 heterocycles. The number of nitrogens with zero attached hydrogens (tertiary/aromatic N) is 4. The third-order valence-corrected chi connectivity index (χ3v) is 6.67. The van der Waals surface area contributed by atoms with Gasteiger partial charge in [0.25, 0.3) is 0 Å². The number of aryl methyl sites for hydroxylation is 1. The highest BCUT2D eigenvalue weighted by atomic mass is 19.1. The highest BCUT2D eigenvalue weighted by Crippen LogP contribution is 2.39. The Morgan fingerprint density at radius 3 is 2.59 bits per heavy atom. The Bertz CT molecular complexity index is 1360. The van der Waals surface area contributed by atoms with Crippen LogP contribution in [0.1, 0.15) is 24.4 Å². The van der Waals surface area contributed by atoms with E-state index in [9.17, 15) is 9.59 Å². The molecule has 2 aromatic heterocycles. The van der Waals surface area contributed by atoms with Crippen LogP contribution in [0.5, 0.6) is 5.75 Å². The minimum Gasteiger partial charge on any atom is -0.492 e. The van der Waals surface area contributed by atoms with Gasteiger partial charge in [-0.15, -0.1) is 0 Å². The van der Waals surface area contributed by atoms with E-state index < -0.39 is 35.3 Å². The minimum absolute atomic E-state index is 0.0665. The normalized spacial score (nSPS) is 21.2. The molecule has 9 nitrogen and oxygen atoms in total. The van der Waals surface area contributed by atoms with Gasteiger partial charge in [0.1, 0.15) is 18.5 Å². The molecule has 4 N–H and O–H groups in total. The number of pyridine rings is 1. The highest BCUT2D eigenvalue weighted by Gasteiger charge is 2.40. The lowest BCUT2D eigenvalue weighted by molar-refractivity contribution is 0.196. The summed E-state index contributed by atoms with van der Waals surface area (Å²) in [5.74, 6) is 4.76. The smallest absolute Gasteiger partial charge is 0.350 e. The van der Waals surface area contributed by atoms with E-state index in [1.165, 1.54) is 4.57 Å². The summed E-state index contributed by atoms with van der Waals surface area (Å²) in [7, 11) is 0. The third-order valence-electron chi connectivity index (χ3n) is 6.67. The zero-order valence-corrected chi connectivity index (χ0v) is 18.7. The van der Waals surface area contributed by atoms with E-state index in [1.54, 1.807) is 24.0 Å². The van der Waals surface area contributed by atoms with Crippen LogP contribution in [0.15, 0.2) is 39.9 Å². The fourth-order valence-corrected chi connectivity index (χ4v) is 4.75. The Morgan fingerprint density at radius 1 is 1.21 bits per heavy atom. The van der Waals surface area contributed by atoms with Crippen molar-refractivity contribution in [1.29, 1.82) is 0 Å². The van der Waals surface area contributed by atoms with Gasteiger partial charge < -0.3 is 21.2 Å². The first-order valence-electron chi connectivity index (χ1n) is 11.2. The maximum absolute atomic E-state index is 15.2. The van der Waals surface area contributed by atoms with E-state index in [4.69, 9.17) is 16.3 Å². The van der Waals surface area contributed by atoms with Gasteiger partial charge in [-0.2, -0.15) is 9.07 Å². The summed E-state index contributed by atoms with van der Waals surface area (Å²) in [6.07, 6.45) is 0.175. The van der Waals surface area contributed by atoms with E-state index in [2.05, 4.69) is 4.98 Å². The lowest BCUT2D eigenvalue weighted by Gasteiger charge is -2.24. The minimum atomic E-state index is -1.31. The van der Waals surface area contributed by atoms with Crippen molar-refractivity contribution in [3.8, 4) is 5.75 Å². The number of aromatic nitrogens is 3. The molecule has 3 aromatic rings. The molecule has 1 aliphatic heterocycles. The zero-order valence-electron chi connectivity index (χ0n) is 18.7. The molecule has 34 heavy (non-hydrogen) atoms. The molecule has 0 bridgehead atoms. The number of ether oxygens (including phenoxy) is 1. The SMILES string of the molecule is Cc1c(N2CC(F)C(C(N)COc3ccccc3)C2)c(F)nc2c(=O)n(N)c(=O)n(C3CC3)c12. The summed E-state index contributed by atoms with van der Waals surface area (Å²) in [6, 6.07) is 8.34. The second-order valence-electron chi connectivity index (χ2n) is 9.01. The van der Waals surface area contributed by atoms with Gasteiger partial charge >= 0.3 is 11.2 Å². The van der Waals surface area contributed by atoms with E-state index in [0.717, 1.165) is 12.8 Å². The monoisotopic (exact) mass is 472 g/mol. The van der Waals surface area contributed by atoms with Crippen LogP contribution in [-0.4, -0.2) is 46.1 Å². The number of halogens is 2. The van der Waals surface area contributed by atoms with Crippen LogP contribution >= 0.6 is 0 Å². The standard InChI is InChI=1S/C23H26F2N6O3/c1-12-19-18(22(32)31(27)23(33)30(19)13-7-8-13)28-21(25)20(12)29-9-15(16(24)10-29)17(26)11-34-14-5-3-2-4-6-14/h2-6,13,15-17H,7-11,26-27H2,1H3. The Hall–Kier alpha value is -3.47. The van der Waals surface area contributed by atoms with Gasteiger partial charge in [0.15, 0.2) is 5.52 Å². The molecule has 11 heteroatoms. The van der Waals surface area contributed by atoms with Crippen molar-refractivity contribution in [1.82, 2.24) is 14.2 Å². The summed E-state index contributed by atoms with van der Waals surface area (Å²) in [4.78, 5) is 30.7. The predicted octanol–water partition coefficient (Wildman–Crippen LogP) is 1.24. The van der Waals surface area contributed by atoms with E-state index >= 15 is 8.78 Å². The van der Waals surface area contributed by atoms with Gasteiger partial charge in [-0.05, 0) is 31.9 Å². The molecule has 1 aromatic carbocycles. The predicted molar refractivity (Wildman–Crippen MR) is 124 cm³/mol. The van der Waals surface area contributed by atoms with Crippen LogP contribution in [0.2, 0.25) is 0 Å². The Balaban J connectivity index is 1.47. The molecule has 180 valence electrons. The number of para-hydroxylation sites is 1. The lowest BCUT2D eigenvalue weighted by Crippen LogP contribution is -2.45. The van der Waals surface area contributed by atoms with Crippen LogP contribution in [0.25, 0.3) is 11.0 Å². The quantitative estimate of drug-likeness (QED) is 0.409. The number of alkyl halides is 1. The van der Waals surface area contributed by atoms with Crippen molar-refractivity contribution in [2.75, 3.05) is 30.4 Å². The second-order valence-corrected chi connectivity index (χ2v) is 9.01. The summed E-state index contributed by atoms with van der Waals surface area (Å²) >= 11 is 0. The number of fused-ring (bicyclic) bond motifs is 1. The number of nitrogen functional groups attached to an aromatic ring is 1. The fraction of sp³-hybridized carbons (Fsp3) is 0.435. The van der Waals surface area contributed by atoms with Gasteiger partial charge in [-0.1, -0.05) is 18.2 Å². The summed E-state index contributed by atoms with van der Waals surface area (Å²) in [5.41, 5.74) is 5.15. The number of benzene rings is 1. The average molecular weight is 472 g/mol. The number of hydrogen-bond donors (Lipinski definition) is 2. The molecule has 5 rings (SSSR count). The summed E-state index contributed by atoms with van der Waals surface area (Å²) < 4.78 is 37.8. The first kappa shape index (κ1) is 22.3. The molecule has 2 fully saturated rings. The third kappa shape index (κ3) is 3.69. The molecule has 3 unspecified atom stereocenters. The maximum atomic E-state index is 15.2. The van der Waals surface area contributed by atoms with E-state index in [0.29, 0.717) is 16.0 Å². The first-order chi connectivity index (χ1) is 16.3. The van der Waals surface area contributed by atoms with Gasteiger partial charge in [0.2, 0.25) is 5.95 Å². The van der Waals surface area contributed by atoms with Crippen molar-refractivity contribution < 1.29 is 13.5 Å². The molecule has 1 saturated heterocycles. The van der Waals surface area contributed by atoms with Gasteiger partial charge in [0.05, 0.1) is 11.2 Å². The molecule has 0 amide bonds. The number of nitrogens with two attached hydrogens (primary N) is 2. The number of hydrogen-bond acceptors (Lipinski definition) is 7. The van der Waals surface area contributed by atoms with Crippen LogP contribution in [0.3, 0.4) is 0 Å². The van der Waals surface area contributed by atoms with E-state index in [1.807, 2.05) is 18.2 Å². The second kappa shape index (κ2) is 8.39. The van der Waals surface area contributed by atoms with Crippen molar-refractivity contribution >= 4 is 16.7 Å². The van der Waals surface area contributed by atoms with Crippen LogP contribution < -0.4 is 32.5 Å². The molecular formula is C23H26F2N6O3. The molecule has 1 aliphatic carbocycles. The van der Waals surface area contributed by atoms with Crippen molar-refractivity contribution in [3.05, 3.63) is 62.7 Å². The van der Waals surface area contributed by atoms with Crippen molar-refractivity contribution in [2.24, 2.45) is 11.7 Å². The Labute approximate surface area is 193 Å². The van der Waals surface area contributed by atoms with Crippen LogP contribution in [-0.2, 0) is 0 Å². The largest absolute Gasteiger partial charge is 0.492 e. The van der Waals surface area contributed by atoms with Crippen molar-refractivity contribution in [3.63, 3.8) is 0 Å². The lowest BCUT2D eigenvalue weighted by atomic mass is 9.99. The molecule has 2 aliphatic rings. The van der Waals surface area contributed by atoms with Crippen molar-refractivity contribution in [2.45, 2.75) is 38.0 Å². The molecule has 3 atom stereocenters. The zero-order chi connectivity index (χ0) is 24.1. The van der Waals surface area contributed by atoms with Gasteiger partial charge in [0, 0.05) is 36.7 Å². The van der Waals surface area contributed by atoms with Crippen LogP contribution in [0.4, 0.5) is 14.5 Å². The van der Waals surface area contributed by atoms with E-state index in [-0.39, 0.29) is 42.5 Å². The summed E-state index contributed by atoms with van der Waals surface area (Å²) in [6.45, 7) is 1.78.